The first-order valence-electron chi connectivity index (χ1n) is 7.72. The molecule has 3 unspecified atom stereocenters. The summed E-state index contributed by atoms with van der Waals surface area (Å²) in [5.41, 5.74) is 7.33. The third kappa shape index (κ3) is 3.72. The van der Waals surface area contributed by atoms with Gasteiger partial charge in [-0.05, 0) is 48.8 Å². The second-order valence-electron chi connectivity index (χ2n) is 6.04. The smallest absolute Gasteiger partial charge is 0.165 e. The molecule has 0 saturated heterocycles. The van der Waals surface area contributed by atoms with Gasteiger partial charge < -0.3 is 10.5 Å². The van der Waals surface area contributed by atoms with Gasteiger partial charge >= 0.3 is 0 Å². The Balaban J connectivity index is 1.96. The molecule has 1 aliphatic rings. The first-order chi connectivity index (χ1) is 9.63. The number of nitrogens with two attached hydrogens (primary N) is 1. The first kappa shape index (κ1) is 15.3. The van der Waals surface area contributed by atoms with E-state index in [1.807, 2.05) is 6.07 Å². The van der Waals surface area contributed by atoms with Gasteiger partial charge in [-0.2, -0.15) is 0 Å². The van der Waals surface area contributed by atoms with Crippen molar-refractivity contribution in [1.29, 1.82) is 0 Å². The van der Waals surface area contributed by atoms with Gasteiger partial charge in [0.15, 0.2) is 11.6 Å². The highest BCUT2D eigenvalue weighted by atomic mass is 19.1. The number of hydrogen-bond donors (Lipinski definition) is 1. The summed E-state index contributed by atoms with van der Waals surface area (Å²) in [4.78, 5) is 0. The normalized spacial score (nSPS) is 24.4. The minimum Gasteiger partial charge on any atom is -0.494 e. The van der Waals surface area contributed by atoms with Crippen molar-refractivity contribution in [2.75, 3.05) is 7.11 Å². The Morgan fingerprint density at radius 3 is 2.85 bits per heavy atom. The van der Waals surface area contributed by atoms with Crippen LogP contribution in [0.1, 0.15) is 44.6 Å². The predicted octanol–water partition coefficient (Wildman–Crippen LogP) is 3.92. The van der Waals surface area contributed by atoms with Crippen LogP contribution in [0.5, 0.6) is 5.75 Å². The van der Waals surface area contributed by atoms with Crippen molar-refractivity contribution in [3.05, 3.63) is 29.6 Å². The fraction of sp³-hybridized carbons (Fsp3) is 0.647. The maximum Gasteiger partial charge on any atom is 0.165 e. The van der Waals surface area contributed by atoms with E-state index in [0.717, 1.165) is 17.9 Å². The van der Waals surface area contributed by atoms with Crippen LogP contribution in [0.2, 0.25) is 0 Å². The predicted molar refractivity (Wildman–Crippen MR) is 80.4 cm³/mol. The number of benzene rings is 1. The zero-order chi connectivity index (χ0) is 14.5. The fourth-order valence-electron chi connectivity index (χ4n) is 3.37. The summed E-state index contributed by atoms with van der Waals surface area (Å²) in [6, 6.07) is 5.30. The minimum absolute atomic E-state index is 0.136. The van der Waals surface area contributed by atoms with E-state index < -0.39 is 0 Å². The highest BCUT2D eigenvalue weighted by Crippen LogP contribution is 2.33. The molecule has 0 heterocycles. The molecule has 0 spiro atoms. The first-order valence-corrected chi connectivity index (χ1v) is 7.72. The number of rotatable bonds is 5. The van der Waals surface area contributed by atoms with E-state index in [-0.39, 0.29) is 11.9 Å². The second-order valence-corrected chi connectivity index (χ2v) is 6.04. The minimum atomic E-state index is -0.299. The molecular weight excluding hydrogens is 253 g/mol. The van der Waals surface area contributed by atoms with Crippen LogP contribution in [0.25, 0.3) is 0 Å². The molecular formula is C17H26FNO. The summed E-state index contributed by atoms with van der Waals surface area (Å²) < 4.78 is 18.6. The summed E-state index contributed by atoms with van der Waals surface area (Å²) >= 11 is 0. The van der Waals surface area contributed by atoms with Crippen molar-refractivity contribution in [2.24, 2.45) is 17.6 Å². The van der Waals surface area contributed by atoms with E-state index in [2.05, 4.69) is 6.92 Å². The quantitative estimate of drug-likeness (QED) is 0.886. The van der Waals surface area contributed by atoms with Gasteiger partial charge in [-0.3, -0.25) is 0 Å². The molecule has 3 atom stereocenters. The maximum absolute atomic E-state index is 13.7. The average molecular weight is 279 g/mol. The van der Waals surface area contributed by atoms with Crippen LogP contribution in [0.15, 0.2) is 18.2 Å². The van der Waals surface area contributed by atoms with E-state index in [0.29, 0.717) is 11.7 Å². The Morgan fingerprint density at radius 2 is 2.20 bits per heavy atom. The lowest BCUT2D eigenvalue weighted by Gasteiger charge is -2.32. The maximum atomic E-state index is 13.7. The topological polar surface area (TPSA) is 35.2 Å². The highest BCUT2D eigenvalue weighted by Gasteiger charge is 2.25. The molecule has 1 saturated carbocycles. The number of hydrogen-bond acceptors (Lipinski definition) is 2. The molecule has 0 aromatic heterocycles. The van der Waals surface area contributed by atoms with Crippen LogP contribution >= 0.6 is 0 Å². The molecule has 2 rings (SSSR count). The lowest BCUT2D eigenvalue weighted by Crippen LogP contribution is -2.35. The Hall–Kier alpha value is -1.09. The molecule has 20 heavy (non-hydrogen) atoms. The molecule has 2 N–H and O–H groups in total. The monoisotopic (exact) mass is 279 g/mol. The van der Waals surface area contributed by atoms with Gasteiger partial charge in [0.25, 0.3) is 0 Å². The summed E-state index contributed by atoms with van der Waals surface area (Å²) in [6.07, 6.45) is 7.08. The molecule has 2 nitrogen and oxygen atoms in total. The van der Waals surface area contributed by atoms with Crippen molar-refractivity contribution in [3.63, 3.8) is 0 Å². The fourth-order valence-corrected chi connectivity index (χ4v) is 3.37. The molecule has 1 aromatic carbocycles. The van der Waals surface area contributed by atoms with Crippen LogP contribution < -0.4 is 10.5 Å². The Bertz CT molecular complexity index is 435. The van der Waals surface area contributed by atoms with Gasteiger partial charge in [0.2, 0.25) is 0 Å². The van der Waals surface area contributed by atoms with Crippen molar-refractivity contribution < 1.29 is 9.13 Å². The zero-order valence-electron chi connectivity index (χ0n) is 12.6. The van der Waals surface area contributed by atoms with Crippen LogP contribution in [0.3, 0.4) is 0 Å². The van der Waals surface area contributed by atoms with E-state index >= 15 is 0 Å². The lowest BCUT2D eigenvalue weighted by molar-refractivity contribution is 0.228. The van der Waals surface area contributed by atoms with Crippen LogP contribution in [-0.4, -0.2) is 13.2 Å². The van der Waals surface area contributed by atoms with E-state index in [1.54, 1.807) is 12.1 Å². The van der Waals surface area contributed by atoms with E-state index in [9.17, 15) is 4.39 Å². The molecule has 0 bridgehead atoms. The number of ether oxygens (including phenoxy) is 1. The second kappa shape index (κ2) is 7.07. The van der Waals surface area contributed by atoms with Gasteiger partial charge in [0.05, 0.1) is 7.11 Å². The van der Waals surface area contributed by atoms with Gasteiger partial charge in [-0.25, -0.2) is 4.39 Å². The van der Waals surface area contributed by atoms with Crippen molar-refractivity contribution >= 4 is 0 Å². The van der Waals surface area contributed by atoms with Crippen molar-refractivity contribution in [1.82, 2.24) is 0 Å². The van der Waals surface area contributed by atoms with Gasteiger partial charge in [0, 0.05) is 6.04 Å². The van der Waals surface area contributed by atoms with Crippen LogP contribution in [0.4, 0.5) is 4.39 Å². The summed E-state index contributed by atoms with van der Waals surface area (Å²) in [6.45, 7) is 2.26. The summed E-state index contributed by atoms with van der Waals surface area (Å²) in [7, 11) is 1.48. The summed E-state index contributed by atoms with van der Waals surface area (Å²) in [5.74, 6) is 1.41. The van der Waals surface area contributed by atoms with E-state index in [4.69, 9.17) is 10.5 Å². The van der Waals surface area contributed by atoms with Gasteiger partial charge in [-0.15, -0.1) is 0 Å². The molecule has 112 valence electrons. The molecule has 1 aliphatic carbocycles. The molecule has 0 radical (unpaired) electrons. The standard InChI is InChI=1S/C17H26FNO/c1-3-12-5-4-6-14(9-12)16(19)11-13-7-8-17(20-2)15(18)10-13/h7-8,10,12,14,16H,3-6,9,11,19H2,1-2H3. The number of methoxy groups -OCH3 is 1. The third-order valence-electron chi connectivity index (χ3n) is 4.69. The molecule has 3 heteroatoms. The van der Waals surface area contributed by atoms with E-state index in [1.165, 1.54) is 39.2 Å². The number of halogens is 1. The average Bonchev–Trinajstić information content (AvgIpc) is 2.47. The highest BCUT2D eigenvalue weighted by molar-refractivity contribution is 5.29. The van der Waals surface area contributed by atoms with Gasteiger partial charge in [-0.1, -0.05) is 32.3 Å². The van der Waals surface area contributed by atoms with Crippen molar-refractivity contribution in [2.45, 2.75) is 51.5 Å². The van der Waals surface area contributed by atoms with Gasteiger partial charge in [0.1, 0.15) is 0 Å². The Morgan fingerprint density at radius 1 is 1.40 bits per heavy atom. The largest absolute Gasteiger partial charge is 0.494 e. The van der Waals surface area contributed by atoms with Crippen molar-refractivity contribution in [3.8, 4) is 5.75 Å². The van der Waals surface area contributed by atoms with Crippen LogP contribution in [-0.2, 0) is 6.42 Å². The Labute approximate surface area is 121 Å². The molecule has 0 amide bonds. The molecule has 1 fully saturated rings. The molecule has 0 aliphatic heterocycles. The lowest BCUT2D eigenvalue weighted by atomic mass is 9.76. The summed E-state index contributed by atoms with van der Waals surface area (Å²) in [5, 5.41) is 0. The Kier molecular flexibility index (Phi) is 5.41. The zero-order valence-corrected chi connectivity index (χ0v) is 12.6. The molecule has 1 aromatic rings. The third-order valence-corrected chi connectivity index (χ3v) is 4.69. The van der Waals surface area contributed by atoms with Crippen LogP contribution in [0, 0.1) is 17.7 Å². The SMILES string of the molecule is CCC1CCCC(C(N)Cc2ccc(OC)c(F)c2)C1.